The minimum atomic E-state index is -0.399. The van der Waals surface area contributed by atoms with Crippen molar-refractivity contribution in [3.63, 3.8) is 0 Å². The van der Waals surface area contributed by atoms with Crippen molar-refractivity contribution in [2.75, 3.05) is 13.2 Å². The van der Waals surface area contributed by atoms with Gasteiger partial charge < -0.3 is 10.1 Å². The number of thiophene rings is 1. The van der Waals surface area contributed by atoms with Gasteiger partial charge in [-0.2, -0.15) is 5.10 Å². The molecule has 0 aliphatic carbocycles. The summed E-state index contributed by atoms with van der Waals surface area (Å²) < 4.78 is 5.35. The summed E-state index contributed by atoms with van der Waals surface area (Å²) in [6, 6.07) is 9.37. The topological polar surface area (TPSA) is 79.8 Å². The van der Waals surface area contributed by atoms with Crippen LogP contribution in [0.1, 0.15) is 16.0 Å². The first-order valence-corrected chi connectivity index (χ1v) is 8.25. The van der Waals surface area contributed by atoms with Crippen LogP contribution in [0.5, 0.6) is 5.75 Å². The number of nitrogens with one attached hydrogen (secondary N) is 2. The molecular formula is C17H19N3O3S. The van der Waals surface area contributed by atoms with Crippen LogP contribution in [0.15, 0.2) is 40.8 Å². The number of carbonyl (C=O) groups is 2. The fourth-order valence-corrected chi connectivity index (χ4v) is 2.59. The molecule has 24 heavy (non-hydrogen) atoms. The van der Waals surface area contributed by atoms with Gasteiger partial charge in [-0.25, -0.2) is 5.43 Å². The number of ether oxygens (including phenoxy) is 1. The zero-order valence-electron chi connectivity index (χ0n) is 13.5. The van der Waals surface area contributed by atoms with Crippen molar-refractivity contribution in [3.05, 3.63) is 51.7 Å². The molecular weight excluding hydrogens is 326 g/mol. The lowest BCUT2D eigenvalue weighted by molar-refractivity contribution is -0.127. The van der Waals surface area contributed by atoms with Crippen molar-refractivity contribution in [2.45, 2.75) is 13.8 Å². The number of hydrogen-bond donors (Lipinski definition) is 2. The number of benzene rings is 1. The highest BCUT2D eigenvalue weighted by Gasteiger charge is 2.06. The van der Waals surface area contributed by atoms with Crippen molar-refractivity contribution in [1.29, 1.82) is 0 Å². The smallest absolute Gasteiger partial charge is 0.259 e. The van der Waals surface area contributed by atoms with Crippen LogP contribution in [-0.4, -0.2) is 31.2 Å². The SMILES string of the molecule is Cc1cccc(OCC(=O)NCC(=O)N/N=C/c2sccc2C)c1. The van der Waals surface area contributed by atoms with E-state index in [1.807, 2.05) is 43.5 Å². The molecule has 0 aliphatic heterocycles. The van der Waals surface area contributed by atoms with E-state index in [1.165, 1.54) is 11.3 Å². The molecule has 0 saturated carbocycles. The first kappa shape index (κ1) is 17.7. The number of nitrogens with zero attached hydrogens (tertiary/aromatic N) is 1. The molecule has 0 bridgehead atoms. The predicted molar refractivity (Wildman–Crippen MR) is 94.5 cm³/mol. The molecule has 2 N–H and O–H groups in total. The predicted octanol–water partition coefficient (Wildman–Crippen LogP) is 2.01. The molecule has 7 heteroatoms. The van der Waals surface area contributed by atoms with Crippen molar-refractivity contribution in [2.24, 2.45) is 5.10 Å². The van der Waals surface area contributed by atoms with Gasteiger partial charge in [-0.15, -0.1) is 11.3 Å². The van der Waals surface area contributed by atoms with E-state index in [0.29, 0.717) is 5.75 Å². The van der Waals surface area contributed by atoms with Crippen molar-refractivity contribution >= 4 is 29.4 Å². The molecule has 0 spiro atoms. The molecule has 2 amide bonds. The second kappa shape index (κ2) is 8.83. The van der Waals surface area contributed by atoms with Crippen LogP contribution in [0, 0.1) is 13.8 Å². The van der Waals surface area contributed by atoms with Crippen LogP contribution in [0.2, 0.25) is 0 Å². The Balaban J connectivity index is 1.67. The van der Waals surface area contributed by atoms with Crippen LogP contribution in [-0.2, 0) is 9.59 Å². The van der Waals surface area contributed by atoms with Crippen LogP contribution < -0.4 is 15.5 Å². The summed E-state index contributed by atoms with van der Waals surface area (Å²) in [5.74, 6) is -0.153. The molecule has 0 aliphatic rings. The van der Waals surface area contributed by atoms with Crippen molar-refractivity contribution < 1.29 is 14.3 Å². The Morgan fingerprint density at radius 3 is 2.79 bits per heavy atom. The second-order valence-corrected chi connectivity index (χ2v) is 6.09. The summed E-state index contributed by atoms with van der Waals surface area (Å²) in [6.07, 6.45) is 1.58. The Morgan fingerprint density at radius 1 is 1.25 bits per heavy atom. The molecule has 0 radical (unpaired) electrons. The van der Waals surface area contributed by atoms with E-state index in [4.69, 9.17) is 4.74 Å². The minimum Gasteiger partial charge on any atom is -0.484 e. The number of amides is 2. The molecule has 0 unspecified atom stereocenters. The van der Waals surface area contributed by atoms with E-state index in [-0.39, 0.29) is 19.1 Å². The standard InChI is InChI=1S/C17H19N3O3S/c1-12-4-3-5-14(8-12)23-11-17(22)18-10-16(21)20-19-9-15-13(2)6-7-24-15/h3-9H,10-11H2,1-2H3,(H,18,22)(H,20,21)/b19-9+. The highest BCUT2D eigenvalue weighted by molar-refractivity contribution is 7.11. The molecule has 1 aromatic carbocycles. The van der Waals surface area contributed by atoms with Gasteiger partial charge in [0.15, 0.2) is 6.61 Å². The van der Waals surface area contributed by atoms with Crippen molar-refractivity contribution in [3.8, 4) is 5.75 Å². The summed E-state index contributed by atoms with van der Waals surface area (Å²) in [5.41, 5.74) is 4.51. The van der Waals surface area contributed by atoms with E-state index < -0.39 is 5.91 Å². The van der Waals surface area contributed by atoms with E-state index in [2.05, 4.69) is 15.8 Å². The molecule has 2 rings (SSSR count). The monoisotopic (exact) mass is 345 g/mol. The first-order valence-electron chi connectivity index (χ1n) is 7.37. The normalized spacial score (nSPS) is 10.6. The van der Waals surface area contributed by atoms with Crippen LogP contribution in [0.4, 0.5) is 0 Å². The number of hydrazone groups is 1. The van der Waals surface area contributed by atoms with Crippen molar-refractivity contribution in [1.82, 2.24) is 10.7 Å². The summed E-state index contributed by atoms with van der Waals surface area (Å²) >= 11 is 1.54. The third kappa shape index (κ3) is 5.85. The van der Waals surface area contributed by atoms with Crippen LogP contribution in [0.3, 0.4) is 0 Å². The molecule has 126 valence electrons. The average molecular weight is 345 g/mol. The lowest BCUT2D eigenvalue weighted by Crippen LogP contribution is -2.37. The van der Waals surface area contributed by atoms with Gasteiger partial charge in [-0.1, -0.05) is 12.1 Å². The molecule has 0 fully saturated rings. The highest BCUT2D eigenvalue weighted by Crippen LogP contribution is 2.12. The Kier molecular flexibility index (Phi) is 6.51. The van der Waals surface area contributed by atoms with Gasteiger partial charge in [0.05, 0.1) is 12.8 Å². The van der Waals surface area contributed by atoms with E-state index >= 15 is 0 Å². The highest BCUT2D eigenvalue weighted by atomic mass is 32.1. The third-order valence-corrected chi connectivity index (χ3v) is 4.03. The average Bonchev–Trinajstić information content (AvgIpc) is 2.96. The maximum Gasteiger partial charge on any atom is 0.259 e. The number of hydrogen-bond acceptors (Lipinski definition) is 5. The van der Waals surface area contributed by atoms with E-state index in [1.54, 1.807) is 12.3 Å². The number of rotatable bonds is 7. The van der Waals surface area contributed by atoms with Gasteiger partial charge in [0.25, 0.3) is 11.8 Å². The molecule has 6 nitrogen and oxygen atoms in total. The van der Waals surface area contributed by atoms with Gasteiger partial charge in [0.1, 0.15) is 5.75 Å². The van der Waals surface area contributed by atoms with Gasteiger partial charge in [-0.05, 0) is 48.6 Å². The Hall–Kier alpha value is -2.67. The number of aryl methyl sites for hydroxylation is 2. The van der Waals surface area contributed by atoms with Gasteiger partial charge in [-0.3, -0.25) is 9.59 Å². The maximum absolute atomic E-state index is 11.7. The maximum atomic E-state index is 11.7. The lowest BCUT2D eigenvalue weighted by atomic mass is 10.2. The fourth-order valence-electron chi connectivity index (χ4n) is 1.80. The Labute approximate surface area is 144 Å². The quantitative estimate of drug-likeness (QED) is 0.595. The fraction of sp³-hybridized carbons (Fsp3) is 0.235. The van der Waals surface area contributed by atoms with Crippen LogP contribution >= 0.6 is 11.3 Å². The minimum absolute atomic E-state index is 0.144. The third-order valence-electron chi connectivity index (χ3n) is 3.08. The van der Waals surface area contributed by atoms with Gasteiger partial charge in [0.2, 0.25) is 0 Å². The lowest BCUT2D eigenvalue weighted by Gasteiger charge is -2.07. The molecule has 1 heterocycles. The Bertz CT molecular complexity index is 740. The van der Waals surface area contributed by atoms with Gasteiger partial charge in [0, 0.05) is 4.88 Å². The Morgan fingerprint density at radius 2 is 2.08 bits per heavy atom. The summed E-state index contributed by atoms with van der Waals surface area (Å²) in [6.45, 7) is 3.61. The molecule has 2 aromatic rings. The molecule has 1 aromatic heterocycles. The first-order chi connectivity index (χ1) is 11.5. The molecule has 0 saturated heterocycles. The van der Waals surface area contributed by atoms with E-state index in [0.717, 1.165) is 16.0 Å². The molecule has 0 atom stereocenters. The van der Waals surface area contributed by atoms with E-state index in [9.17, 15) is 9.59 Å². The van der Waals surface area contributed by atoms with Crippen LogP contribution in [0.25, 0.3) is 0 Å². The summed E-state index contributed by atoms with van der Waals surface area (Å²) in [4.78, 5) is 24.2. The zero-order valence-corrected chi connectivity index (χ0v) is 14.4. The zero-order chi connectivity index (χ0) is 17.4. The van der Waals surface area contributed by atoms with Gasteiger partial charge >= 0.3 is 0 Å². The largest absolute Gasteiger partial charge is 0.484 e. The summed E-state index contributed by atoms with van der Waals surface area (Å²) in [5, 5.41) is 8.29. The second-order valence-electron chi connectivity index (χ2n) is 5.14. The summed E-state index contributed by atoms with van der Waals surface area (Å²) in [7, 11) is 0. The number of carbonyl (C=O) groups excluding carboxylic acids is 2.